The highest BCUT2D eigenvalue weighted by Gasteiger charge is 2.37. The third kappa shape index (κ3) is 3.95. The summed E-state index contributed by atoms with van der Waals surface area (Å²) in [4.78, 5) is 2.64. The van der Waals surface area contributed by atoms with Crippen molar-refractivity contribution in [2.24, 2.45) is 17.1 Å². The highest BCUT2D eigenvalue weighted by molar-refractivity contribution is 4.92. The molecule has 0 aromatic heterocycles. The molecule has 2 nitrogen and oxygen atoms in total. The smallest absolute Gasteiger partial charge is 0.0131 e. The van der Waals surface area contributed by atoms with E-state index in [0.29, 0.717) is 17.4 Å². The summed E-state index contributed by atoms with van der Waals surface area (Å²) >= 11 is 0. The summed E-state index contributed by atoms with van der Waals surface area (Å²) in [6.07, 6.45) is 12.6. The molecule has 0 aliphatic heterocycles. The van der Waals surface area contributed by atoms with Gasteiger partial charge in [-0.3, -0.25) is 0 Å². The minimum absolute atomic E-state index is 0.340. The van der Waals surface area contributed by atoms with Gasteiger partial charge in [0.1, 0.15) is 0 Å². The van der Waals surface area contributed by atoms with Crippen LogP contribution in [-0.4, -0.2) is 30.6 Å². The van der Waals surface area contributed by atoms with Crippen LogP contribution < -0.4 is 5.73 Å². The van der Waals surface area contributed by atoms with Gasteiger partial charge in [0.05, 0.1) is 0 Å². The first-order valence-corrected chi connectivity index (χ1v) is 8.46. The van der Waals surface area contributed by atoms with Crippen LogP contribution in [0.25, 0.3) is 0 Å². The molecule has 0 aromatic carbocycles. The molecule has 0 saturated heterocycles. The fourth-order valence-electron chi connectivity index (χ4n) is 4.23. The lowest BCUT2D eigenvalue weighted by Crippen LogP contribution is -2.50. The molecule has 2 rings (SSSR count). The van der Waals surface area contributed by atoms with E-state index in [1.165, 1.54) is 64.3 Å². The van der Waals surface area contributed by atoms with E-state index >= 15 is 0 Å². The maximum atomic E-state index is 6.54. The van der Waals surface area contributed by atoms with E-state index in [1.807, 2.05) is 0 Å². The molecule has 0 bridgehead atoms. The number of nitrogens with two attached hydrogens (primary N) is 1. The Morgan fingerprint density at radius 1 is 1.00 bits per heavy atom. The third-order valence-corrected chi connectivity index (χ3v) is 5.78. The van der Waals surface area contributed by atoms with Crippen molar-refractivity contribution in [3.8, 4) is 0 Å². The fraction of sp³-hybridized carbons (Fsp3) is 1.00. The summed E-state index contributed by atoms with van der Waals surface area (Å²) in [6, 6.07) is 1.20. The highest BCUT2D eigenvalue weighted by Crippen LogP contribution is 2.38. The van der Waals surface area contributed by atoms with Gasteiger partial charge in [0, 0.05) is 18.6 Å². The first-order valence-electron chi connectivity index (χ1n) is 8.46. The second kappa shape index (κ2) is 6.58. The Bertz CT molecular complexity index is 266. The van der Waals surface area contributed by atoms with Gasteiger partial charge < -0.3 is 10.6 Å². The topological polar surface area (TPSA) is 29.3 Å². The predicted octanol–water partition coefficient (Wildman–Crippen LogP) is 3.79. The minimum atomic E-state index is 0.340. The first kappa shape index (κ1) is 15.3. The Balaban J connectivity index is 1.88. The van der Waals surface area contributed by atoms with E-state index in [4.69, 9.17) is 5.73 Å². The minimum Gasteiger partial charge on any atom is -0.327 e. The number of hydrogen-bond donors (Lipinski definition) is 1. The lowest BCUT2D eigenvalue weighted by molar-refractivity contribution is 0.0926. The molecule has 2 fully saturated rings. The Kier molecular flexibility index (Phi) is 5.30. The van der Waals surface area contributed by atoms with Gasteiger partial charge in [-0.1, -0.05) is 46.0 Å². The van der Waals surface area contributed by atoms with Crippen molar-refractivity contribution in [1.29, 1.82) is 0 Å². The Morgan fingerprint density at radius 3 is 2.26 bits per heavy atom. The number of rotatable bonds is 3. The van der Waals surface area contributed by atoms with E-state index in [1.54, 1.807) is 0 Å². The summed E-state index contributed by atoms with van der Waals surface area (Å²) in [7, 11) is 2.34. The van der Waals surface area contributed by atoms with E-state index in [-0.39, 0.29) is 0 Å². The average molecular weight is 266 g/mol. The van der Waals surface area contributed by atoms with Gasteiger partial charge in [0.15, 0.2) is 0 Å². The molecule has 0 radical (unpaired) electrons. The lowest BCUT2D eigenvalue weighted by atomic mass is 9.68. The van der Waals surface area contributed by atoms with Gasteiger partial charge in [-0.05, 0) is 44.1 Å². The van der Waals surface area contributed by atoms with Crippen molar-refractivity contribution in [3.05, 3.63) is 0 Å². The van der Waals surface area contributed by atoms with Gasteiger partial charge in [0.2, 0.25) is 0 Å². The summed E-state index contributed by atoms with van der Waals surface area (Å²) < 4.78 is 0. The van der Waals surface area contributed by atoms with Gasteiger partial charge in [0.25, 0.3) is 0 Å². The van der Waals surface area contributed by atoms with Crippen molar-refractivity contribution in [3.63, 3.8) is 0 Å². The zero-order chi connectivity index (χ0) is 13.9. The summed E-state index contributed by atoms with van der Waals surface area (Å²) in [5.41, 5.74) is 6.88. The molecule has 2 aliphatic carbocycles. The van der Waals surface area contributed by atoms with Crippen LogP contribution in [0.4, 0.5) is 0 Å². The largest absolute Gasteiger partial charge is 0.327 e. The van der Waals surface area contributed by atoms with E-state index in [9.17, 15) is 0 Å². The number of nitrogens with zero attached hydrogens (tertiary/aromatic N) is 1. The molecular weight excluding hydrogens is 232 g/mol. The van der Waals surface area contributed by atoms with E-state index < -0.39 is 0 Å². The number of hydrogen-bond acceptors (Lipinski definition) is 2. The maximum absolute atomic E-state index is 6.54. The Labute approximate surface area is 120 Å². The van der Waals surface area contributed by atoms with Crippen molar-refractivity contribution in [1.82, 2.24) is 4.90 Å². The quantitative estimate of drug-likeness (QED) is 0.787. The van der Waals surface area contributed by atoms with Gasteiger partial charge in [-0.25, -0.2) is 0 Å². The predicted molar refractivity (Wildman–Crippen MR) is 83.2 cm³/mol. The molecule has 2 unspecified atom stereocenters. The molecular formula is C17H34N2. The van der Waals surface area contributed by atoms with Crippen LogP contribution in [0, 0.1) is 11.3 Å². The molecule has 0 aromatic rings. The third-order valence-electron chi connectivity index (χ3n) is 5.78. The van der Waals surface area contributed by atoms with Crippen LogP contribution in [0.3, 0.4) is 0 Å². The average Bonchev–Trinajstić information content (AvgIpc) is 2.63. The molecule has 2 atom stereocenters. The van der Waals surface area contributed by atoms with Gasteiger partial charge >= 0.3 is 0 Å². The summed E-state index contributed by atoms with van der Waals surface area (Å²) in [5.74, 6) is 0.706. The zero-order valence-electron chi connectivity index (χ0n) is 13.3. The first-order chi connectivity index (χ1) is 9.00. The second-order valence-corrected chi connectivity index (χ2v) is 7.75. The van der Waals surface area contributed by atoms with Crippen molar-refractivity contribution < 1.29 is 0 Å². The molecule has 2 N–H and O–H groups in total. The lowest BCUT2D eigenvalue weighted by Gasteiger charge is -2.44. The van der Waals surface area contributed by atoms with Gasteiger partial charge in [-0.15, -0.1) is 0 Å². The van der Waals surface area contributed by atoms with Crippen molar-refractivity contribution >= 4 is 0 Å². The molecule has 0 spiro atoms. The SMILES string of the molecule is CN(CC1CCCC(C)(C)C1N)C1CCCCCC1. The van der Waals surface area contributed by atoms with Gasteiger partial charge in [-0.2, -0.15) is 0 Å². The second-order valence-electron chi connectivity index (χ2n) is 7.75. The standard InChI is InChI=1S/C17H34N2/c1-17(2)12-8-9-14(16(17)18)13-19(3)15-10-6-4-5-7-11-15/h14-16H,4-13,18H2,1-3H3. The summed E-state index contributed by atoms with van der Waals surface area (Å²) in [6.45, 7) is 5.93. The summed E-state index contributed by atoms with van der Waals surface area (Å²) in [5, 5.41) is 0. The molecule has 2 heteroatoms. The molecule has 2 saturated carbocycles. The van der Waals surface area contributed by atoms with Crippen LogP contribution in [0.15, 0.2) is 0 Å². The van der Waals surface area contributed by atoms with Crippen LogP contribution in [0.1, 0.15) is 71.6 Å². The van der Waals surface area contributed by atoms with Crippen molar-refractivity contribution in [2.45, 2.75) is 83.7 Å². The highest BCUT2D eigenvalue weighted by atomic mass is 15.1. The normalized spacial score (nSPS) is 33.3. The van der Waals surface area contributed by atoms with Crippen molar-refractivity contribution in [2.75, 3.05) is 13.6 Å². The van der Waals surface area contributed by atoms with Crippen LogP contribution in [0.2, 0.25) is 0 Å². The molecule has 112 valence electrons. The fourth-order valence-corrected chi connectivity index (χ4v) is 4.23. The Hall–Kier alpha value is -0.0800. The molecule has 19 heavy (non-hydrogen) atoms. The van der Waals surface area contributed by atoms with E-state index in [2.05, 4.69) is 25.8 Å². The molecule has 0 heterocycles. The van der Waals surface area contributed by atoms with Crippen LogP contribution >= 0.6 is 0 Å². The monoisotopic (exact) mass is 266 g/mol. The Morgan fingerprint density at radius 2 is 1.63 bits per heavy atom. The van der Waals surface area contributed by atoms with E-state index in [0.717, 1.165) is 6.04 Å². The van der Waals surface area contributed by atoms with Crippen LogP contribution in [-0.2, 0) is 0 Å². The molecule has 0 amide bonds. The van der Waals surface area contributed by atoms with Crippen LogP contribution in [0.5, 0.6) is 0 Å². The zero-order valence-corrected chi connectivity index (χ0v) is 13.3. The molecule has 2 aliphatic rings. The maximum Gasteiger partial charge on any atom is 0.0131 e.